The van der Waals surface area contributed by atoms with E-state index in [1.165, 1.54) is 40.3 Å². The summed E-state index contributed by atoms with van der Waals surface area (Å²) < 4.78 is 26.5. The molecule has 2 aromatic carbocycles. The molecule has 160 valence electrons. The zero-order chi connectivity index (χ0) is 21.7. The largest absolute Gasteiger partial charge is 0.272 e. The van der Waals surface area contributed by atoms with Gasteiger partial charge in [-0.25, -0.2) is 8.42 Å². The van der Waals surface area contributed by atoms with E-state index in [1.54, 1.807) is 0 Å². The van der Waals surface area contributed by atoms with Gasteiger partial charge in [0.1, 0.15) is 0 Å². The first-order valence-electron chi connectivity index (χ1n) is 9.67. The highest BCUT2D eigenvalue weighted by atomic mass is 32.2. The van der Waals surface area contributed by atoms with Crippen molar-refractivity contribution in [3.63, 3.8) is 0 Å². The third-order valence-electron chi connectivity index (χ3n) is 4.84. The summed E-state index contributed by atoms with van der Waals surface area (Å²) in [6.07, 6.45) is 1.72. The summed E-state index contributed by atoms with van der Waals surface area (Å²) in [6, 6.07) is 11.8. The molecule has 0 saturated carbocycles. The summed E-state index contributed by atoms with van der Waals surface area (Å²) in [5, 5.41) is 0. The molecule has 1 fully saturated rings. The van der Waals surface area contributed by atoms with Crippen molar-refractivity contribution in [3.8, 4) is 0 Å². The maximum absolute atomic E-state index is 12.5. The molecule has 2 amide bonds. The molecule has 1 heterocycles. The first-order chi connectivity index (χ1) is 14.3. The second kappa shape index (κ2) is 9.63. The Balaban J connectivity index is 1.52. The van der Waals surface area contributed by atoms with E-state index in [9.17, 15) is 18.0 Å². The van der Waals surface area contributed by atoms with Crippen LogP contribution < -0.4 is 10.9 Å². The van der Waals surface area contributed by atoms with E-state index in [2.05, 4.69) is 10.9 Å². The van der Waals surface area contributed by atoms with Crippen LogP contribution in [0, 0.1) is 13.8 Å². The van der Waals surface area contributed by atoms with Crippen molar-refractivity contribution in [3.05, 3.63) is 59.2 Å². The number of nitrogens with one attached hydrogen (secondary N) is 2. The molecule has 0 atom stereocenters. The second-order valence-electron chi connectivity index (χ2n) is 7.20. The zero-order valence-electron chi connectivity index (χ0n) is 17.0. The molecule has 0 radical (unpaired) electrons. The van der Waals surface area contributed by atoms with E-state index < -0.39 is 15.9 Å². The van der Waals surface area contributed by atoms with Gasteiger partial charge in [-0.05, 0) is 62.6 Å². The lowest BCUT2D eigenvalue weighted by Crippen LogP contribution is -2.42. The number of hydrazine groups is 1. The fourth-order valence-electron chi connectivity index (χ4n) is 3.10. The molecule has 2 N–H and O–H groups in total. The van der Waals surface area contributed by atoms with Crippen LogP contribution in [0.4, 0.5) is 0 Å². The molecule has 0 spiro atoms. The van der Waals surface area contributed by atoms with Crippen LogP contribution in [0.5, 0.6) is 0 Å². The lowest BCUT2D eigenvalue weighted by Gasteiger charge is -2.15. The maximum atomic E-state index is 12.5. The first kappa shape index (κ1) is 22.3. The van der Waals surface area contributed by atoms with Gasteiger partial charge in [-0.1, -0.05) is 17.7 Å². The molecule has 1 saturated heterocycles. The molecule has 9 heteroatoms. The minimum absolute atomic E-state index is 0.162. The molecule has 1 aliphatic heterocycles. The van der Waals surface area contributed by atoms with Gasteiger partial charge in [-0.2, -0.15) is 4.31 Å². The van der Waals surface area contributed by atoms with Gasteiger partial charge >= 0.3 is 0 Å². The van der Waals surface area contributed by atoms with E-state index in [1.807, 2.05) is 32.0 Å². The van der Waals surface area contributed by atoms with Crippen molar-refractivity contribution in [1.82, 2.24) is 15.2 Å². The molecule has 7 nitrogen and oxygen atoms in total. The van der Waals surface area contributed by atoms with Crippen LogP contribution in [0.2, 0.25) is 0 Å². The number of hydrogen-bond donors (Lipinski definition) is 2. The van der Waals surface area contributed by atoms with Gasteiger partial charge in [0.2, 0.25) is 15.9 Å². The summed E-state index contributed by atoms with van der Waals surface area (Å²) >= 11 is 1.40. The Labute approximate surface area is 181 Å². The quantitative estimate of drug-likeness (QED) is 0.524. The summed E-state index contributed by atoms with van der Waals surface area (Å²) in [7, 11) is -3.52. The molecule has 2 aromatic rings. The number of benzene rings is 2. The third-order valence-corrected chi connectivity index (χ3v) is 7.91. The fourth-order valence-corrected chi connectivity index (χ4v) is 5.54. The predicted molar refractivity (Wildman–Crippen MR) is 117 cm³/mol. The molecule has 30 heavy (non-hydrogen) atoms. The highest BCUT2D eigenvalue weighted by Crippen LogP contribution is 2.23. The molecular formula is C21H25N3O4S2. The number of hydrogen-bond acceptors (Lipinski definition) is 5. The average molecular weight is 448 g/mol. The number of sulfonamides is 1. The molecular weight excluding hydrogens is 422 g/mol. The van der Waals surface area contributed by atoms with Crippen molar-refractivity contribution in [2.24, 2.45) is 0 Å². The van der Waals surface area contributed by atoms with Crippen LogP contribution in [0.15, 0.2) is 52.3 Å². The summed E-state index contributed by atoms with van der Waals surface area (Å²) in [5.74, 6) is -0.676. The van der Waals surface area contributed by atoms with E-state index in [0.717, 1.165) is 28.9 Å². The summed E-state index contributed by atoms with van der Waals surface area (Å²) in [4.78, 5) is 25.5. The van der Waals surface area contributed by atoms with Crippen molar-refractivity contribution in [2.75, 3.05) is 18.8 Å². The highest BCUT2D eigenvalue weighted by molar-refractivity contribution is 8.00. The topological polar surface area (TPSA) is 95.6 Å². The fraction of sp³-hybridized carbons (Fsp3) is 0.333. The van der Waals surface area contributed by atoms with E-state index >= 15 is 0 Å². The van der Waals surface area contributed by atoms with Crippen LogP contribution >= 0.6 is 11.8 Å². The van der Waals surface area contributed by atoms with Gasteiger partial charge in [0, 0.05) is 23.5 Å². The Morgan fingerprint density at radius 2 is 1.67 bits per heavy atom. The average Bonchev–Trinajstić information content (AvgIpc) is 3.28. The van der Waals surface area contributed by atoms with Crippen molar-refractivity contribution >= 4 is 33.6 Å². The number of carbonyl (C=O) groups is 2. The number of nitrogens with zero attached hydrogens (tertiary/aromatic N) is 1. The Morgan fingerprint density at radius 1 is 1.00 bits per heavy atom. The van der Waals surface area contributed by atoms with Crippen LogP contribution in [-0.4, -0.2) is 43.4 Å². The van der Waals surface area contributed by atoms with Crippen LogP contribution in [0.3, 0.4) is 0 Å². The van der Waals surface area contributed by atoms with Gasteiger partial charge in [0.15, 0.2) is 0 Å². The van der Waals surface area contributed by atoms with E-state index in [-0.39, 0.29) is 22.1 Å². The van der Waals surface area contributed by atoms with Gasteiger partial charge in [0.25, 0.3) is 5.91 Å². The van der Waals surface area contributed by atoms with Gasteiger partial charge in [-0.3, -0.25) is 20.4 Å². The van der Waals surface area contributed by atoms with Gasteiger partial charge in [0.05, 0.1) is 10.6 Å². The van der Waals surface area contributed by atoms with Gasteiger partial charge < -0.3 is 0 Å². The molecule has 1 aliphatic rings. The lowest BCUT2D eigenvalue weighted by atomic mass is 10.2. The normalized spacial score (nSPS) is 14.5. The molecule has 0 aliphatic carbocycles. The summed E-state index contributed by atoms with van der Waals surface area (Å²) in [5.41, 5.74) is 7.22. The number of aryl methyl sites for hydroxylation is 2. The smallest absolute Gasteiger partial charge is 0.269 e. The minimum Gasteiger partial charge on any atom is -0.272 e. The number of carbonyl (C=O) groups excluding carboxylic acids is 2. The Morgan fingerprint density at radius 3 is 2.33 bits per heavy atom. The summed E-state index contributed by atoms with van der Waals surface area (Å²) in [6.45, 7) is 5.02. The Hall–Kier alpha value is -2.36. The third kappa shape index (κ3) is 5.41. The number of thioether (sulfide) groups is 1. The monoisotopic (exact) mass is 447 g/mol. The van der Waals surface area contributed by atoms with Crippen molar-refractivity contribution in [1.29, 1.82) is 0 Å². The Kier molecular flexibility index (Phi) is 7.17. The van der Waals surface area contributed by atoms with Crippen LogP contribution in [-0.2, 0) is 14.8 Å². The minimum atomic E-state index is -3.52. The van der Waals surface area contributed by atoms with Crippen molar-refractivity contribution in [2.45, 2.75) is 36.5 Å². The molecule has 3 rings (SSSR count). The number of rotatable bonds is 6. The van der Waals surface area contributed by atoms with Crippen LogP contribution in [0.25, 0.3) is 0 Å². The molecule has 0 bridgehead atoms. The predicted octanol–water partition coefficient (Wildman–Crippen LogP) is 2.64. The molecule has 0 unspecified atom stereocenters. The van der Waals surface area contributed by atoms with E-state index in [4.69, 9.17) is 0 Å². The van der Waals surface area contributed by atoms with E-state index in [0.29, 0.717) is 13.1 Å². The van der Waals surface area contributed by atoms with Crippen LogP contribution in [0.1, 0.15) is 34.3 Å². The zero-order valence-corrected chi connectivity index (χ0v) is 18.6. The SMILES string of the molecule is Cc1ccc(C)c(SCC(=O)NNC(=O)c2ccc(S(=O)(=O)N3CCCC3)cc2)c1. The van der Waals surface area contributed by atoms with Crippen molar-refractivity contribution < 1.29 is 18.0 Å². The highest BCUT2D eigenvalue weighted by Gasteiger charge is 2.27. The second-order valence-corrected chi connectivity index (χ2v) is 10.2. The maximum Gasteiger partial charge on any atom is 0.269 e. The van der Waals surface area contributed by atoms with Gasteiger partial charge in [-0.15, -0.1) is 11.8 Å². The number of amides is 2. The molecule has 0 aromatic heterocycles. The lowest BCUT2D eigenvalue weighted by molar-refractivity contribution is -0.119. The first-order valence-corrected chi connectivity index (χ1v) is 12.1. The Bertz CT molecular complexity index is 1030. The standard InChI is InChI=1S/C21H25N3O4S2/c1-15-5-6-16(2)19(13-15)29-14-20(25)22-23-21(26)17-7-9-18(10-8-17)30(27,28)24-11-3-4-12-24/h5-10,13H,3-4,11-12,14H2,1-2H3,(H,22,25)(H,23,26).